The number of halogens is 4. The highest BCUT2D eigenvalue weighted by Gasteiger charge is 2.44. The third-order valence-electron chi connectivity index (χ3n) is 1.70. The highest BCUT2D eigenvalue weighted by atomic mass is 79.9. The van der Waals surface area contributed by atoms with Crippen LogP contribution in [0.25, 0.3) is 0 Å². The van der Waals surface area contributed by atoms with Gasteiger partial charge in [0, 0.05) is 8.96 Å². The minimum atomic E-state index is -1.62. The Morgan fingerprint density at radius 1 is 1.43 bits per heavy atom. The summed E-state index contributed by atoms with van der Waals surface area (Å²) in [7, 11) is 0. The lowest BCUT2D eigenvalue weighted by Crippen LogP contribution is -2.38. The standard InChI is InChI=1S/C7H4Br4O3/c8-3-1-2(6(12)13)7(11,14)5(10)4(3)9/h1-2,14H,(H,12,13). The van der Waals surface area contributed by atoms with Crippen molar-refractivity contribution < 1.29 is 15.0 Å². The molecule has 0 saturated carbocycles. The van der Waals surface area contributed by atoms with Gasteiger partial charge in [0.05, 0.1) is 4.48 Å². The fourth-order valence-corrected chi connectivity index (χ4v) is 3.38. The number of carbonyl (C=O) groups is 1. The maximum absolute atomic E-state index is 10.9. The number of aliphatic carboxylic acids is 1. The average Bonchev–Trinajstić information content (AvgIpc) is 2.08. The number of allylic oxidation sites excluding steroid dienone is 2. The third kappa shape index (κ3) is 2.16. The van der Waals surface area contributed by atoms with Crippen LogP contribution in [0.1, 0.15) is 0 Å². The summed E-state index contributed by atoms with van der Waals surface area (Å²) in [6.45, 7) is 0. The highest BCUT2D eigenvalue weighted by molar-refractivity contribution is 9.17. The number of rotatable bonds is 1. The molecular formula is C7H4Br4O3. The molecule has 0 aliphatic heterocycles. The van der Waals surface area contributed by atoms with Crippen LogP contribution in [0.15, 0.2) is 19.5 Å². The fourth-order valence-electron chi connectivity index (χ4n) is 0.960. The molecule has 1 aliphatic carbocycles. The van der Waals surface area contributed by atoms with Gasteiger partial charge in [-0.15, -0.1) is 0 Å². The lowest BCUT2D eigenvalue weighted by Gasteiger charge is -2.30. The maximum Gasteiger partial charge on any atom is 0.314 e. The molecule has 0 saturated heterocycles. The van der Waals surface area contributed by atoms with E-state index in [0.717, 1.165) is 0 Å². The van der Waals surface area contributed by atoms with E-state index in [1.165, 1.54) is 6.08 Å². The van der Waals surface area contributed by atoms with E-state index in [9.17, 15) is 9.90 Å². The van der Waals surface area contributed by atoms with E-state index in [1.54, 1.807) is 0 Å². The van der Waals surface area contributed by atoms with Gasteiger partial charge in [0.2, 0.25) is 0 Å². The molecule has 0 spiro atoms. The van der Waals surface area contributed by atoms with Crippen LogP contribution in [0.4, 0.5) is 0 Å². The Kier molecular flexibility index (Phi) is 4.02. The Hall–Kier alpha value is 0.830. The molecule has 0 radical (unpaired) electrons. The molecule has 7 heteroatoms. The van der Waals surface area contributed by atoms with Gasteiger partial charge in [-0.3, -0.25) is 4.79 Å². The Balaban J connectivity index is 3.25. The summed E-state index contributed by atoms with van der Waals surface area (Å²) in [5, 5.41) is 18.8. The van der Waals surface area contributed by atoms with E-state index in [-0.39, 0.29) is 0 Å². The Labute approximate surface area is 114 Å². The van der Waals surface area contributed by atoms with Crippen LogP contribution in [-0.2, 0) is 4.79 Å². The van der Waals surface area contributed by atoms with E-state index in [1.807, 2.05) is 0 Å². The Morgan fingerprint density at radius 3 is 2.36 bits per heavy atom. The second-order valence-electron chi connectivity index (χ2n) is 2.63. The summed E-state index contributed by atoms with van der Waals surface area (Å²) in [5.41, 5.74) is 0. The predicted molar refractivity (Wildman–Crippen MR) is 66.9 cm³/mol. The molecule has 2 N–H and O–H groups in total. The molecule has 0 fully saturated rings. The van der Waals surface area contributed by atoms with Crippen molar-refractivity contribution in [3.05, 3.63) is 19.5 Å². The lowest BCUT2D eigenvalue weighted by molar-refractivity contribution is -0.143. The predicted octanol–water partition coefficient (Wildman–Crippen LogP) is 3.06. The first-order valence-electron chi connectivity index (χ1n) is 3.36. The summed E-state index contributed by atoms with van der Waals surface area (Å²) in [5.74, 6) is -2.16. The first kappa shape index (κ1) is 12.9. The molecular weight excluding hydrogens is 452 g/mol. The Morgan fingerprint density at radius 2 is 1.93 bits per heavy atom. The molecule has 0 aromatic carbocycles. The van der Waals surface area contributed by atoms with Crippen LogP contribution >= 0.6 is 63.7 Å². The van der Waals surface area contributed by atoms with E-state index in [0.29, 0.717) is 13.4 Å². The molecule has 0 amide bonds. The van der Waals surface area contributed by atoms with Gasteiger partial charge in [-0.1, -0.05) is 22.0 Å². The molecule has 0 aromatic heterocycles. The summed E-state index contributed by atoms with van der Waals surface area (Å²) in [6.07, 6.45) is 1.41. The Bertz CT molecular complexity index is 345. The van der Waals surface area contributed by atoms with E-state index in [4.69, 9.17) is 5.11 Å². The number of carboxylic acids is 1. The molecule has 2 unspecified atom stereocenters. The van der Waals surface area contributed by atoms with Gasteiger partial charge in [-0.2, -0.15) is 0 Å². The van der Waals surface area contributed by atoms with Crippen LogP contribution in [0.5, 0.6) is 0 Å². The topological polar surface area (TPSA) is 57.5 Å². The number of hydrogen-bond donors (Lipinski definition) is 2. The van der Waals surface area contributed by atoms with Crippen molar-refractivity contribution in [3.63, 3.8) is 0 Å². The molecule has 1 rings (SSSR count). The SMILES string of the molecule is O=C(O)C1C=C(Br)C(Br)=C(Br)C1(O)Br. The van der Waals surface area contributed by atoms with Gasteiger partial charge in [0.15, 0.2) is 4.51 Å². The number of carboxylic acid groups (broad SMARTS) is 1. The minimum absolute atomic E-state index is 0.340. The van der Waals surface area contributed by atoms with Crippen molar-refractivity contribution in [1.29, 1.82) is 0 Å². The maximum atomic E-state index is 10.9. The van der Waals surface area contributed by atoms with Gasteiger partial charge in [-0.05, 0) is 47.8 Å². The number of hydrogen-bond acceptors (Lipinski definition) is 2. The van der Waals surface area contributed by atoms with Crippen LogP contribution < -0.4 is 0 Å². The van der Waals surface area contributed by atoms with Crippen molar-refractivity contribution in [2.24, 2.45) is 5.92 Å². The third-order valence-corrected chi connectivity index (χ3v) is 6.67. The quantitative estimate of drug-likeness (QED) is 0.598. The number of alkyl halides is 1. The zero-order valence-corrected chi connectivity index (χ0v) is 12.8. The summed E-state index contributed by atoms with van der Waals surface area (Å²) < 4.78 is -0.114. The second-order valence-corrected chi connectivity index (χ2v) is 6.28. The molecule has 14 heavy (non-hydrogen) atoms. The van der Waals surface area contributed by atoms with Crippen molar-refractivity contribution >= 4 is 69.7 Å². The van der Waals surface area contributed by atoms with Crippen LogP contribution in [0.3, 0.4) is 0 Å². The average molecular weight is 456 g/mol. The molecule has 78 valence electrons. The zero-order chi connectivity index (χ0) is 11.1. The largest absolute Gasteiger partial charge is 0.481 e. The zero-order valence-electron chi connectivity index (χ0n) is 6.47. The first-order chi connectivity index (χ1) is 6.28. The summed E-state index contributed by atoms with van der Waals surface area (Å²) in [4.78, 5) is 10.9. The van der Waals surface area contributed by atoms with Gasteiger partial charge >= 0.3 is 5.97 Å². The van der Waals surface area contributed by atoms with Crippen molar-refractivity contribution in [2.45, 2.75) is 4.51 Å². The van der Waals surface area contributed by atoms with Gasteiger partial charge in [0.1, 0.15) is 5.92 Å². The van der Waals surface area contributed by atoms with Crippen LogP contribution in [-0.4, -0.2) is 20.7 Å². The van der Waals surface area contributed by atoms with Gasteiger partial charge < -0.3 is 10.2 Å². The molecule has 0 aromatic rings. The molecule has 3 nitrogen and oxygen atoms in total. The highest BCUT2D eigenvalue weighted by Crippen LogP contribution is 2.47. The minimum Gasteiger partial charge on any atom is -0.481 e. The monoisotopic (exact) mass is 452 g/mol. The first-order valence-corrected chi connectivity index (χ1v) is 6.53. The fraction of sp³-hybridized carbons (Fsp3) is 0.286. The van der Waals surface area contributed by atoms with E-state index < -0.39 is 16.4 Å². The second kappa shape index (κ2) is 4.37. The van der Waals surface area contributed by atoms with Crippen molar-refractivity contribution in [1.82, 2.24) is 0 Å². The summed E-state index contributed by atoms with van der Waals surface area (Å²) in [6, 6.07) is 0. The lowest BCUT2D eigenvalue weighted by atomic mass is 9.98. The van der Waals surface area contributed by atoms with E-state index in [2.05, 4.69) is 63.7 Å². The van der Waals surface area contributed by atoms with Crippen LogP contribution in [0.2, 0.25) is 0 Å². The normalized spacial score (nSPS) is 32.9. The molecule has 0 heterocycles. The van der Waals surface area contributed by atoms with Gasteiger partial charge in [0.25, 0.3) is 0 Å². The van der Waals surface area contributed by atoms with Crippen molar-refractivity contribution in [3.8, 4) is 0 Å². The summed E-state index contributed by atoms with van der Waals surface area (Å²) >= 11 is 12.5. The molecule has 1 aliphatic rings. The van der Waals surface area contributed by atoms with Crippen LogP contribution in [0, 0.1) is 5.92 Å². The smallest absolute Gasteiger partial charge is 0.314 e. The van der Waals surface area contributed by atoms with E-state index >= 15 is 0 Å². The number of aliphatic hydroxyl groups is 1. The molecule has 2 atom stereocenters. The molecule has 0 bridgehead atoms. The van der Waals surface area contributed by atoms with Crippen molar-refractivity contribution in [2.75, 3.05) is 0 Å². The van der Waals surface area contributed by atoms with Gasteiger partial charge in [-0.25, -0.2) is 0 Å².